The van der Waals surface area contributed by atoms with Gasteiger partial charge in [-0.05, 0) is 26.8 Å². The number of hydrogen-bond donors (Lipinski definition) is 0. The Balaban J connectivity index is 2.08. The molecule has 0 spiro atoms. The van der Waals surface area contributed by atoms with Crippen LogP contribution in [0.5, 0.6) is 5.75 Å². The molecule has 0 saturated heterocycles. The topological polar surface area (TPSA) is 78.9 Å². The van der Waals surface area contributed by atoms with E-state index in [0.29, 0.717) is 23.0 Å². The van der Waals surface area contributed by atoms with Crippen LogP contribution in [0.25, 0.3) is 0 Å². The van der Waals surface area contributed by atoms with Crippen molar-refractivity contribution in [2.45, 2.75) is 27.4 Å². The van der Waals surface area contributed by atoms with E-state index in [1.165, 1.54) is 11.3 Å². The van der Waals surface area contributed by atoms with E-state index < -0.39 is 11.8 Å². The van der Waals surface area contributed by atoms with Crippen molar-refractivity contribution in [1.29, 1.82) is 0 Å². The SMILES string of the molecule is CCOc1cc(C)sc1C(=O)OCc1oc(=O)oc1C. The van der Waals surface area contributed by atoms with Crippen molar-refractivity contribution in [1.82, 2.24) is 0 Å². The molecule has 0 fully saturated rings. The normalized spacial score (nSPS) is 10.6. The van der Waals surface area contributed by atoms with Crippen molar-refractivity contribution < 1.29 is 23.1 Å². The fraction of sp³-hybridized carbons (Fsp3) is 0.385. The minimum absolute atomic E-state index is 0.154. The van der Waals surface area contributed by atoms with Crippen molar-refractivity contribution in [3.05, 3.63) is 38.0 Å². The molecule has 0 radical (unpaired) electrons. The lowest BCUT2D eigenvalue weighted by Gasteiger charge is -2.04. The lowest BCUT2D eigenvalue weighted by atomic mass is 10.4. The van der Waals surface area contributed by atoms with E-state index in [-0.39, 0.29) is 12.4 Å². The van der Waals surface area contributed by atoms with E-state index >= 15 is 0 Å². The van der Waals surface area contributed by atoms with Crippen LogP contribution < -0.4 is 10.6 Å². The molecule has 0 aliphatic carbocycles. The molecule has 2 heterocycles. The Hall–Kier alpha value is -2.02. The summed E-state index contributed by atoms with van der Waals surface area (Å²) in [5.41, 5.74) is 0. The third-order valence-electron chi connectivity index (χ3n) is 2.48. The second kappa shape index (κ2) is 5.96. The van der Waals surface area contributed by atoms with Crippen molar-refractivity contribution in [2.24, 2.45) is 0 Å². The highest BCUT2D eigenvalue weighted by Crippen LogP contribution is 2.30. The quantitative estimate of drug-likeness (QED) is 0.790. The summed E-state index contributed by atoms with van der Waals surface area (Å²) in [4.78, 5) is 24.2. The van der Waals surface area contributed by atoms with Gasteiger partial charge in [0.15, 0.2) is 23.0 Å². The summed E-state index contributed by atoms with van der Waals surface area (Å²) in [6, 6.07) is 1.79. The molecule has 20 heavy (non-hydrogen) atoms. The van der Waals surface area contributed by atoms with Crippen molar-refractivity contribution in [3.63, 3.8) is 0 Å². The van der Waals surface area contributed by atoms with E-state index in [4.69, 9.17) is 13.9 Å². The highest BCUT2D eigenvalue weighted by atomic mass is 32.1. The van der Waals surface area contributed by atoms with E-state index in [2.05, 4.69) is 4.42 Å². The van der Waals surface area contributed by atoms with E-state index in [1.54, 1.807) is 13.0 Å². The van der Waals surface area contributed by atoms with Crippen LogP contribution in [0, 0.1) is 13.8 Å². The zero-order valence-electron chi connectivity index (χ0n) is 11.3. The van der Waals surface area contributed by atoms with Crippen LogP contribution in [0.2, 0.25) is 0 Å². The van der Waals surface area contributed by atoms with Gasteiger partial charge in [-0.3, -0.25) is 0 Å². The van der Waals surface area contributed by atoms with Gasteiger partial charge in [0.25, 0.3) is 0 Å². The number of ether oxygens (including phenoxy) is 2. The monoisotopic (exact) mass is 298 g/mol. The maximum absolute atomic E-state index is 12.0. The third kappa shape index (κ3) is 3.11. The second-order valence-electron chi connectivity index (χ2n) is 3.99. The summed E-state index contributed by atoms with van der Waals surface area (Å²) in [5, 5.41) is 0. The molecule has 0 aromatic carbocycles. The average Bonchev–Trinajstić information content (AvgIpc) is 2.90. The largest absolute Gasteiger partial charge is 0.519 e. The average molecular weight is 298 g/mol. The van der Waals surface area contributed by atoms with Crippen molar-refractivity contribution >= 4 is 17.3 Å². The van der Waals surface area contributed by atoms with Gasteiger partial charge in [0, 0.05) is 4.88 Å². The standard InChI is InChI=1S/C13H14O6S/c1-4-16-9-5-7(2)20-11(9)12(14)17-6-10-8(3)18-13(15)19-10/h5H,4,6H2,1-3H3. The number of thiophene rings is 1. The molecule has 7 heteroatoms. The summed E-state index contributed by atoms with van der Waals surface area (Å²) in [5.74, 6) is -0.319. The number of hydrogen-bond acceptors (Lipinski definition) is 7. The summed E-state index contributed by atoms with van der Waals surface area (Å²) < 4.78 is 19.9. The number of carbonyl (C=O) groups is 1. The molecule has 0 saturated carbocycles. The Morgan fingerprint density at radius 2 is 2.10 bits per heavy atom. The van der Waals surface area contributed by atoms with Crippen LogP contribution in [-0.4, -0.2) is 12.6 Å². The summed E-state index contributed by atoms with van der Waals surface area (Å²) in [6.07, 6.45) is 0. The number of rotatable bonds is 5. The molecule has 0 unspecified atom stereocenters. The number of carbonyl (C=O) groups excluding carboxylic acids is 1. The second-order valence-corrected chi connectivity index (χ2v) is 5.25. The van der Waals surface area contributed by atoms with Crippen LogP contribution >= 0.6 is 11.3 Å². The van der Waals surface area contributed by atoms with Gasteiger partial charge in [0.2, 0.25) is 0 Å². The fourth-order valence-electron chi connectivity index (χ4n) is 1.60. The van der Waals surface area contributed by atoms with E-state index in [1.807, 2.05) is 13.8 Å². The van der Waals surface area contributed by atoms with Crippen molar-refractivity contribution in [3.8, 4) is 5.75 Å². The summed E-state index contributed by atoms with van der Waals surface area (Å²) in [6.45, 7) is 5.59. The smallest absolute Gasteiger partial charge is 0.492 e. The molecule has 0 aliphatic heterocycles. The zero-order valence-corrected chi connectivity index (χ0v) is 12.2. The summed E-state index contributed by atoms with van der Waals surface area (Å²) in [7, 11) is 0. The molecule has 0 amide bonds. The molecule has 0 N–H and O–H groups in total. The van der Waals surface area contributed by atoms with E-state index in [0.717, 1.165) is 4.88 Å². The van der Waals surface area contributed by atoms with Crippen LogP contribution in [-0.2, 0) is 11.3 Å². The van der Waals surface area contributed by atoms with Crippen LogP contribution in [0.15, 0.2) is 19.7 Å². The Morgan fingerprint density at radius 1 is 1.35 bits per heavy atom. The first-order valence-electron chi connectivity index (χ1n) is 6.01. The lowest BCUT2D eigenvalue weighted by Crippen LogP contribution is -2.06. The van der Waals surface area contributed by atoms with Crippen molar-refractivity contribution in [2.75, 3.05) is 6.61 Å². The van der Waals surface area contributed by atoms with Crippen LogP contribution in [0.3, 0.4) is 0 Å². The Labute approximate surface area is 118 Å². The summed E-state index contributed by atoms with van der Waals surface area (Å²) >= 11 is 1.29. The van der Waals surface area contributed by atoms with Gasteiger partial charge >= 0.3 is 11.8 Å². The molecule has 0 atom stereocenters. The number of esters is 1. The van der Waals surface area contributed by atoms with Gasteiger partial charge in [-0.15, -0.1) is 11.3 Å². The lowest BCUT2D eigenvalue weighted by molar-refractivity contribution is 0.0445. The van der Waals surface area contributed by atoms with Gasteiger partial charge in [-0.1, -0.05) is 0 Å². The molecule has 0 bridgehead atoms. The molecule has 2 aromatic heterocycles. The first-order chi connectivity index (χ1) is 9.51. The van der Waals surface area contributed by atoms with E-state index in [9.17, 15) is 9.59 Å². The molecule has 108 valence electrons. The maximum atomic E-state index is 12.0. The van der Waals surface area contributed by atoms with Gasteiger partial charge in [0.1, 0.15) is 5.75 Å². The predicted octanol–water partition coefficient (Wildman–Crippen LogP) is 2.67. The molecule has 2 aromatic rings. The molecule has 6 nitrogen and oxygen atoms in total. The highest BCUT2D eigenvalue weighted by Gasteiger charge is 2.19. The van der Waals surface area contributed by atoms with Gasteiger partial charge in [0.05, 0.1) is 6.61 Å². The molecular formula is C13H14O6S. The Bertz CT molecular complexity index is 663. The Morgan fingerprint density at radius 3 is 2.70 bits per heavy atom. The number of aryl methyl sites for hydroxylation is 2. The molecule has 2 rings (SSSR count). The van der Waals surface area contributed by atoms with Crippen LogP contribution in [0.1, 0.15) is 33.0 Å². The first kappa shape index (κ1) is 14.4. The minimum Gasteiger partial charge on any atom is -0.492 e. The zero-order chi connectivity index (χ0) is 14.7. The highest BCUT2D eigenvalue weighted by molar-refractivity contribution is 7.14. The third-order valence-corrected chi connectivity index (χ3v) is 3.49. The van der Waals surface area contributed by atoms with Gasteiger partial charge in [-0.2, -0.15) is 0 Å². The molecule has 0 aliphatic rings. The Kier molecular flexibility index (Phi) is 4.29. The fourth-order valence-corrected chi connectivity index (χ4v) is 2.45. The maximum Gasteiger partial charge on any atom is 0.519 e. The van der Waals surface area contributed by atoms with Gasteiger partial charge < -0.3 is 18.3 Å². The van der Waals surface area contributed by atoms with Crippen LogP contribution in [0.4, 0.5) is 0 Å². The molecular weight excluding hydrogens is 284 g/mol. The first-order valence-corrected chi connectivity index (χ1v) is 6.82. The van der Waals surface area contributed by atoms with Gasteiger partial charge in [-0.25, -0.2) is 9.59 Å². The predicted molar refractivity (Wildman–Crippen MR) is 71.3 cm³/mol. The minimum atomic E-state index is -0.810.